The Bertz CT molecular complexity index is 1470. The van der Waals surface area contributed by atoms with Gasteiger partial charge in [0.1, 0.15) is 16.3 Å². The molecule has 0 aliphatic carbocycles. The second kappa shape index (κ2) is 6.49. The zero-order valence-corrected chi connectivity index (χ0v) is 16.2. The molecule has 4 aromatic heterocycles. The minimum Gasteiger partial charge on any atom is -0.306 e. The SMILES string of the molecule is Cc1c(-c2ccccc2)sc2nc(-c3cnn4c(C(F)(F)F)ccnc34)[nH]c(=O)c12. The maximum absolute atomic E-state index is 13.2. The standard InChI is InChI=1S/C20H12F3N5OS/c1-10-14-18(29)26-16(27-19(14)30-15(10)11-5-3-2-4-6-11)12-9-25-28-13(20(21,22)23)7-8-24-17(12)28/h2-9H,1H3,(H,26,27,29). The Morgan fingerprint density at radius 1 is 1.13 bits per heavy atom. The molecule has 0 atom stereocenters. The smallest absolute Gasteiger partial charge is 0.306 e. The molecule has 0 unspecified atom stereocenters. The van der Waals surface area contributed by atoms with Gasteiger partial charge in [-0.1, -0.05) is 30.3 Å². The van der Waals surface area contributed by atoms with E-state index in [1.165, 1.54) is 17.5 Å². The number of alkyl halides is 3. The number of aromatic nitrogens is 5. The monoisotopic (exact) mass is 427 g/mol. The first-order chi connectivity index (χ1) is 14.3. The lowest BCUT2D eigenvalue weighted by Gasteiger charge is -2.08. The largest absolute Gasteiger partial charge is 0.433 e. The minimum absolute atomic E-state index is 0.0381. The van der Waals surface area contributed by atoms with Gasteiger partial charge in [-0.15, -0.1) is 11.3 Å². The third-order valence-electron chi connectivity index (χ3n) is 4.78. The highest BCUT2D eigenvalue weighted by Gasteiger charge is 2.34. The Labute approximate surface area is 170 Å². The van der Waals surface area contributed by atoms with Gasteiger partial charge < -0.3 is 4.98 Å². The van der Waals surface area contributed by atoms with Gasteiger partial charge in [-0.3, -0.25) is 4.79 Å². The molecule has 0 aliphatic heterocycles. The summed E-state index contributed by atoms with van der Waals surface area (Å²) in [5.74, 6) is 0.121. The summed E-state index contributed by atoms with van der Waals surface area (Å²) >= 11 is 1.36. The lowest BCUT2D eigenvalue weighted by atomic mass is 10.1. The van der Waals surface area contributed by atoms with Crippen LogP contribution in [0.1, 0.15) is 11.3 Å². The highest BCUT2D eigenvalue weighted by atomic mass is 32.1. The van der Waals surface area contributed by atoms with Crippen molar-refractivity contribution in [2.45, 2.75) is 13.1 Å². The van der Waals surface area contributed by atoms with Crippen molar-refractivity contribution in [1.29, 1.82) is 0 Å². The summed E-state index contributed by atoms with van der Waals surface area (Å²) in [5.41, 5.74) is 0.624. The average Bonchev–Trinajstić information content (AvgIpc) is 3.29. The van der Waals surface area contributed by atoms with E-state index in [9.17, 15) is 18.0 Å². The maximum Gasteiger partial charge on any atom is 0.433 e. The van der Waals surface area contributed by atoms with Gasteiger partial charge in [0.25, 0.3) is 5.56 Å². The molecule has 5 rings (SSSR count). The van der Waals surface area contributed by atoms with Crippen molar-refractivity contribution in [3.05, 3.63) is 70.4 Å². The summed E-state index contributed by atoms with van der Waals surface area (Å²) < 4.78 is 40.5. The summed E-state index contributed by atoms with van der Waals surface area (Å²) in [6, 6.07) is 10.5. The molecule has 0 aliphatic rings. The number of nitrogens with one attached hydrogen (secondary N) is 1. The van der Waals surface area contributed by atoms with Gasteiger partial charge in [-0.25, -0.2) is 14.5 Å². The van der Waals surface area contributed by atoms with Gasteiger partial charge in [-0.05, 0) is 24.1 Å². The number of hydrogen-bond donors (Lipinski definition) is 1. The normalized spacial score (nSPS) is 12.1. The van der Waals surface area contributed by atoms with E-state index in [0.717, 1.165) is 28.3 Å². The lowest BCUT2D eigenvalue weighted by Crippen LogP contribution is -2.13. The number of benzene rings is 1. The molecule has 5 aromatic rings. The number of H-pyrrole nitrogens is 1. The molecule has 6 nitrogen and oxygen atoms in total. The van der Waals surface area contributed by atoms with Crippen molar-refractivity contribution in [3.63, 3.8) is 0 Å². The average molecular weight is 427 g/mol. The van der Waals surface area contributed by atoms with Gasteiger partial charge in [0, 0.05) is 11.1 Å². The van der Waals surface area contributed by atoms with Crippen molar-refractivity contribution in [1.82, 2.24) is 24.6 Å². The number of halogens is 3. The van der Waals surface area contributed by atoms with Crippen LogP contribution >= 0.6 is 11.3 Å². The minimum atomic E-state index is -4.59. The molecule has 0 radical (unpaired) electrons. The van der Waals surface area contributed by atoms with E-state index in [4.69, 9.17) is 0 Å². The van der Waals surface area contributed by atoms with Crippen LogP contribution in [0.3, 0.4) is 0 Å². The molecule has 0 saturated carbocycles. The second-order valence-electron chi connectivity index (χ2n) is 6.64. The van der Waals surface area contributed by atoms with Crippen LogP contribution in [0, 0.1) is 6.92 Å². The van der Waals surface area contributed by atoms with E-state index in [-0.39, 0.29) is 22.6 Å². The van der Waals surface area contributed by atoms with E-state index < -0.39 is 11.9 Å². The quantitative estimate of drug-likeness (QED) is 0.444. The number of aryl methyl sites for hydroxylation is 1. The van der Waals surface area contributed by atoms with E-state index in [1.807, 2.05) is 37.3 Å². The molecule has 150 valence electrons. The third-order valence-corrected chi connectivity index (χ3v) is 6.02. The molecular formula is C20H12F3N5OS. The molecule has 10 heteroatoms. The highest BCUT2D eigenvalue weighted by molar-refractivity contribution is 7.22. The lowest BCUT2D eigenvalue weighted by molar-refractivity contribution is -0.142. The first-order valence-corrected chi connectivity index (χ1v) is 9.65. The highest BCUT2D eigenvalue weighted by Crippen LogP contribution is 2.36. The number of thiophene rings is 1. The number of aromatic amines is 1. The summed E-state index contributed by atoms with van der Waals surface area (Å²) in [6.07, 6.45) is -2.31. The Kier molecular flexibility index (Phi) is 4.00. The fraction of sp³-hybridized carbons (Fsp3) is 0.100. The summed E-state index contributed by atoms with van der Waals surface area (Å²) in [5, 5.41) is 4.28. The van der Waals surface area contributed by atoms with Gasteiger partial charge in [0.2, 0.25) is 0 Å². The van der Waals surface area contributed by atoms with Gasteiger partial charge in [-0.2, -0.15) is 18.3 Å². The van der Waals surface area contributed by atoms with Gasteiger partial charge in [0.15, 0.2) is 5.65 Å². The van der Waals surface area contributed by atoms with Crippen LogP contribution < -0.4 is 5.56 Å². The number of hydrogen-bond acceptors (Lipinski definition) is 5. The Balaban J connectivity index is 1.73. The number of rotatable bonds is 2. The predicted molar refractivity (Wildman–Crippen MR) is 107 cm³/mol. The van der Waals surface area contributed by atoms with Gasteiger partial charge in [0.05, 0.1) is 17.1 Å². The summed E-state index contributed by atoms with van der Waals surface area (Å²) in [7, 11) is 0. The summed E-state index contributed by atoms with van der Waals surface area (Å²) in [6.45, 7) is 1.85. The molecular weight excluding hydrogens is 415 g/mol. The molecule has 1 N–H and O–H groups in total. The zero-order valence-electron chi connectivity index (χ0n) is 15.4. The molecule has 4 heterocycles. The topological polar surface area (TPSA) is 75.9 Å². The molecule has 30 heavy (non-hydrogen) atoms. The summed E-state index contributed by atoms with van der Waals surface area (Å²) in [4.78, 5) is 25.4. The first kappa shape index (κ1) is 18.5. The fourth-order valence-electron chi connectivity index (χ4n) is 3.41. The van der Waals surface area contributed by atoms with Crippen LogP contribution in [0.15, 0.2) is 53.6 Å². The van der Waals surface area contributed by atoms with Gasteiger partial charge >= 0.3 is 6.18 Å². The van der Waals surface area contributed by atoms with Crippen molar-refractivity contribution in [2.24, 2.45) is 0 Å². The fourth-order valence-corrected chi connectivity index (χ4v) is 4.60. The van der Waals surface area contributed by atoms with Crippen LogP contribution in [-0.2, 0) is 6.18 Å². The molecule has 0 fully saturated rings. The Hall–Kier alpha value is -3.53. The number of nitrogens with zero attached hydrogens (tertiary/aromatic N) is 4. The van der Waals surface area contributed by atoms with Crippen LogP contribution in [0.5, 0.6) is 0 Å². The van der Waals surface area contributed by atoms with Crippen molar-refractivity contribution in [2.75, 3.05) is 0 Å². The molecule has 0 saturated heterocycles. The molecule has 0 amide bonds. The van der Waals surface area contributed by atoms with Crippen molar-refractivity contribution >= 4 is 27.2 Å². The van der Waals surface area contributed by atoms with Crippen LogP contribution in [0.4, 0.5) is 13.2 Å². The van der Waals surface area contributed by atoms with Crippen LogP contribution in [0.2, 0.25) is 0 Å². The van der Waals surface area contributed by atoms with E-state index in [1.54, 1.807) is 0 Å². The van der Waals surface area contributed by atoms with Crippen LogP contribution in [-0.4, -0.2) is 24.6 Å². The molecule has 0 spiro atoms. The predicted octanol–water partition coefficient (Wildman–Crippen LogP) is 4.69. The van der Waals surface area contributed by atoms with E-state index in [2.05, 4.69) is 20.1 Å². The Morgan fingerprint density at radius 3 is 2.63 bits per heavy atom. The van der Waals surface area contributed by atoms with Crippen molar-refractivity contribution in [3.8, 4) is 21.8 Å². The third kappa shape index (κ3) is 2.79. The first-order valence-electron chi connectivity index (χ1n) is 8.84. The second-order valence-corrected chi connectivity index (χ2v) is 7.64. The molecule has 0 bridgehead atoms. The van der Waals surface area contributed by atoms with Crippen LogP contribution in [0.25, 0.3) is 37.7 Å². The van der Waals surface area contributed by atoms with E-state index >= 15 is 0 Å². The maximum atomic E-state index is 13.2. The van der Waals surface area contributed by atoms with Crippen molar-refractivity contribution < 1.29 is 13.2 Å². The van der Waals surface area contributed by atoms with E-state index in [0.29, 0.717) is 14.7 Å². The molecule has 1 aromatic carbocycles. The Morgan fingerprint density at radius 2 is 1.90 bits per heavy atom. The number of fused-ring (bicyclic) bond motifs is 2. The zero-order chi connectivity index (χ0) is 21.0.